The lowest BCUT2D eigenvalue weighted by molar-refractivity contribution is -0.125. The number of benzene rings is 1. The quantitative estimate of drug-likeness (QED) is 0.554. The lowest BCUT2D eigenvalue weighted by Gasteiger charge is -2.34. The molecule has 5 rings (SSSR count). The molecule has 4 amide bonds. The first-order valence-electron chi connectivity index (χ1n) is 13.3. The van der Waals surface area contributed by atoms with Crippen LogP contribution < -0.4 is 15.5 Å². The molecule has 1 spiro atoms. The van der Waals surface area contributed by atoms with Gasteiger partial charge in [0.25, 0.3) is 11.8 Å². The number of urea groups is 1. The van der Waals surface area contributed by atoms with Crippen molar-refractivity contribution in [2.24, 2.45) is 16.8 Å². The molecule has 1 aromatic rings. The summed E-state index contributed by atoms with van der Waals surface area (Å²) < 4.78 is 27.6. The Morgan fingerprint density at radius 2 is 1.66 bits per heavy atom. The number of amides is 4. The number of hydrogen-bond donors (Lipinski definition) is 2. The average molecular weight is 542 g/mol. The third kappa shape index (κ3) is 4.89. The zero-order chi connectivity index (χ0) is 27.2. The molecule has 3 aliphatic heterocycles. The fourth-order valence-electron chi connectivity index (χ4n) is 6.06. The number of sulfonamides is 1. The van der Waals surface area contributed by atoms with E-state index in [2.05, 4.69) is 17.6 Å². The highest BCUT2D eigenvalue weighted by atomic mass is 32.2. The Hall–Kier alpha value is -3.05. The van der Waals surface area contributed by atoms with Crippen LogP contribution in [0.5, 0.6) is 0 Å². The van der Waals surface area contributed by atoms with Gasteiger partial charge in [-0.05, 0) is 80.3 Å². The number of aliphatic imine (C=N–C) groups is 1. The van der Waals surface area contributed by atoms with E-state index < -0.39 is 21.6 Å². The van der Waals surface area contributed by atoms with E-state index in [9.17, 15) is 22.8 Å². The van der Waals surface area contributed by atoms with Gasteiger partial charge in [-0.3, -0.25) is 14.6 Å². The molecule has 0 unspecified atom stereocenters. The van der Waals surface area contributed by atoms with E-state index in [4.69, 9.17) is 4.99 Å². The molecular formula is C27H35N5O5S. The maximum Gasteiger partial charge on any atom is 0.329 e. The third-order valence-corrected chi connectivity index (χ3v) is 9.89. The summed E-state index contributed by atoms with van der Waals surface area (Å²) in [7, 11) is -3.71. The minimum Gasteiger partial charge on any atom is -0.328 e. The number of nitrogens with one attached hydrogen (secondary N) is 2. The van der Waals surface area contributed by atoms with Gasteiger partial charge in [0, 0.05) is 24.4 Å². The topological polar surface area (TPSA) is 128 Å². The van der Waals surface area contributed by atoms with Crippen LogP contribution >= 0.6 is 0 Å². The second-order valence-corrected chi connectivity index (χ2v) is 12.9. The number of carbonyl (C=O) groups excluding carboxylic acids is 3. The lowest BCUT2D eigenvalue weighted by Crippen LogP contribution is -2.50. The lowest BCUT2D eigenvalue weighted by atomic mass is 9.82. The number of rotatable bonds is 5. The van der Waals surface area contributed by atoms with E-state index in [1.165, 1.54) is 15.8 Å². The largest absolute Gasteiger partial charge is 0.329 e. The zero-order valence-corrected chi connectivity index (χ0v) is 22.9. The predicted octanol–water partition coefficient (Wildman–Crippen LogP) is 2.85. The van der Waals surface area contributed by atoms with Crippen molar-refractivity contribution in [2.45, 2.75) is 64.8 Å². The number of imide groups is 1. The van der Waals surface area contributed by atoms with Crippen LogP contribution in [0.3, 0.4) is 0 Å². The van der Waals surface area contributed by atoms with Gasteiger partial charge in [-0.2, -0.15) is 4.31 Å². The van der Waals surface area contributed by atoms with Crippen LogP contribution in [0, 0.1) is 25.7 Å². The SMILES string of the molecule is Cc1cc(/C=C/S(=O)(=O)N2CCC3(CC2)N=C(C2CCC(C)CC2)NC3=O)cc(C)c1N1C(=O)CNC1=O. The molecule has 38 heavy (non-hydrogen) atoms. The molecular weight excluding hydrogens is 506 g/mol. The first kappa shape index (κ1) is 26.6. The third-order valence-electron chi connectivity index (χ3n) is 8.32. The van der Waals surface area contributed by atoms with Crippen LogP contribution in [0.15, 0.2) is 22.5 Å². The van der Waals surface area contributed by atoms with Crippen LogP contribution in [-0.2, 0) is 19.6 Å². The standard InChI is InChI=1S/C27H35N5O5S/c1-17-4-6-21(7-5-17)24-29-25(34)27(30-24)9-11-31(12-10-27)38(36,37)13-8-20-14-18(2)23(19(3)15-20)32-22(33)16-28-26(32)35/h8,13-15,17,21H,4-7,9-12,16H2,1-3H3,(H,28,35)(H,29,30,34)/b13-8+. The average Bonchev–Trinajstić information content (AvgIpc) is 3.37. The van der Waals surface area contributed by atoms with E-state index >= 15 is 0 Å². The van der Waals surface area contributed by atoms with Crippen molar-refractivity contribution in [1.29, 1.82) is 0 Å². The summed E-state index contributed by atoms with van der Waals surface area (Å²) in [5, 5.41) is 6.71. The van der Waals surface area contributed by atoms with E-state index in [-0.39, 0.29) is 37.4 Å². The van der Waals surface area contributed by atoms with Gasteiger partial charge >= 0.3 is 6.03 Å². The molecule has 2 saturated heterocycles. The van der Waals surface area contributed by atoms with Gasteiger partial charge in [0.15, 0.2) is 0 Å². The molecule has 0 radical (unpaired) electrons. The Kier molecular flexibility index (Phi) is 6.93. The maximum atomic E-state index is 13.1. The van der Waals surface area contributed by atoms with Crippen molar-refractivity contribution < 1.29 is 22.8 Å². The van der Waals surface area contributed by atoms with Gasteiger partial charge in [-0.1, -0.05) is 19.8 Å². The second kappa shape index (κ2) is 9.92. The highest BCUT2D eigenvalue weighted by molar-refractivity contribution is 7.92. The molecule has 204 valence electrons. The number of nitrogens with zero attached hydrogens (tertiary/aromatic N) is 3. The van der Waals surface area contributed by atoms with Crippen LogP contribution in [0.2, 0.25) is 0 Å². The van der Waals surface area contributed by atoms with E-state index in [0.29, 0.717) is 41.1 Å². The van der Waals surface area contributed by atoms with E-state index in [0.717, 1.165) is 36.4 Å². The Bertz CT molecular complexity index is 1300. The number of piperidine rings is 1. The first-order chi connectivity index (χ1) is 18.0. The zero-order valence-electron chi connectivity index (χ0n) is 22.1. The highest BCUT2D eigenvalue weighted by Crippen LogP contribution is 2.36. The van der Waals surface area contributed by atoms with Crippen molar-refractivity contribution in [3.05, 3.63) is 34.2 Å². The van der Waals surface area contributed by atoms with Crippen LogP contribution in [0.4, 0.5) is 10.5 Å². The summed E-state index contributed by atoms with van der Waals surface area (Å²) in [6.45, 7) is 6.23. The van der Waals surface area contributed by atoms with Crippen molar-refractivity contribution in [1.82, 2.24) is 14.9 Å². The molecule has 4 aliphatic rings. The van der Waals surface area contributed by atoms with E-state index in [1.54, 1.807) is 26.0 Å². The molecule has 1 saturated carbocycles. The Balaban J connectivity index is 1.26. The van der Waals surface area contributed by atoms with Crippen LogP contribution in [0.25, 0.3) is 6.08 Å². The van der Waals surface area contributed by atoms with Gasteiger partial charge in [0.2, 0.25) is 10.0 Å². The monoisotopic (exact) mass is 541 g/mol. The van der Waals surface area contributed by atoms with Gasteiger partial charge < -0.3 is 10.6 Å². The van der Waals surface area contributed by atoms with Crippen molar-refractivity contribution in [3.8, 4) is 0 Å². The fourth-order valence-corrected chi connectivity index (χ4v) is 7.25. The summed E-state index contributed by atoms with van der Waals surface area (Å²) >= 11 is 0. The smallest absolute Gasteiger partial charge is 0.328 e. The summed E-state index contributed by atoms with van der Waals surface area (Å²) in [4.78, 5) is 43.1. The Morgan fingerprint density at radius 3 is 2.24 bits per heavy atom. The normalized spacial score (nSPS) is 26.2. The number of aryl methyl sites for hydroxylation is 2. The first-order valence-corrected chi connectivity index (χ1v) is 14.8. The number of amidine groups is 1. The highest BCUT2D eigenvalue weighted by Gasteiger charge is 2.48. The molecule has 10 nitrogen and oxygen atoms in total. The van der Waals surface area contributed by atoms with Gasteiger partial charge in [0.1, 0.15) is 11.4 Å². The molecule has 0 aromatic heterocycles. The number of hydrogen-bond acceptors (Lipinski definition) is 6. The number of carbonyl (C=O) groups is 3. The van der Waals surface area contributed by atoms with Crippen LogP contribution in [0.1, 0.15) is 62.1 Å². The van der Waals surface area contributed by atoms with Crippen molar-refractivity contribution in [3.63, 3.8) is 0 Å². The molecule has 1 aliphatic carbocycles. The van der Waals surface area contributed by atoms with Gasteiger partial charge in [-0.15, -0.1) is 0 Å². The maximum absolute atomic E-state index is 13.1. The van der Waals surface area contributed by atoms with Crippen molar-refractivity contribution in [2.75, 3.05) is 24.5 Å². The van der Waals surface area contributed by atoms with Crippen molar-refractivity contribution >= 4 is 45.5 Å². The molecule has 3 fully saturated rings. The Labute approximate surface area is 223 Å². The minimum absolute atomic E-state index is 0.0388. The summed E-state index contributed by atoms with van der Waals surface area (Å²) in [6.07, 6.45) is 6.58. The summed E-state index contributed by atoms with van der Waals surface area (Å²) in [5.74, 6) is 1.36. The summed E-state index contributed by atoms with van der Waals surface area (Å²) in [5.41, 5.74) is 1.70. The number of anilines is 1. The summed E-state index contributed by atoms with van der Waals surface area (Å²) in [6, 6.07) is 3.04. The van der Waals surface area contributed by atoms with Gasteiger partial charge in [0.05, 0.1) is 12.2 Å². The molecule has 0 atom stereocenters. The molecule has 11 heteroatoms. The molecule has 0 bridgehead atoms. The van der Waals surface area contributed by atoms with E-state index in [1.807, 2.05) is 0 Å². The van der Waals surface area contributed by atoms with Crippen LogP contribution in [-0.4, -0.2) is 61.6 Å². The minimum atomic E-state index is -3.71. The second-order valence-electron chi connectivity index (χ2n) is 11.1. The molecule has 3 heterocycles. The van der Waals surface area contributed by atoms with Gasteiger partial charge in [-0.25, -0.2) is 18.1 Å². The fraction of sp³-hybridized carbons (Fsp3) is 0.556. The molecule has 1 aromatic carbocycles. The molecule has 2 N–H and O–H groups in total. The Morgan fingerprint density at radius 1 is 1.03 bits per heavy atom. The predicted molar refractivity (Wildman–Crippen MR) is 145 cm³/mol.